The molecule has 1 unspecified atom stereocenters. The molecule has 27 heavy (non-hydrogen) atoms. The first-order valence-corrected chi connectivity index (χ1v) is 9.19. The lowest BCUT2D eigenvalue weighted by molar-refractivity contribution is -0.145. The molecular weight excluding hydrogens is 369 g/mol. The summed E-state index contributed by atoms with van der Waals surface area (Å²) in [5, 5.41) is 13.3. The number of carbonyl (C=O) groups excluding carboxylic acids is 2. The lowest BCUT2D eigenvalue weighted by atomic mass is 9.99. The van der Waals surface area contributed by atoms with Crippen LogP contribution >= 0.6 is 11.3 Å². The van der Waals surface area contributed by atoms with Crippen LogP contribution in [0.2, 0.25) is 0 Å². The molecule has 2 N–H and O–H groups in total. The van der Waals surface area contributed by atoms with Gasteiger partial charge in [-0.3, -0.25) is 14.7 Å². The lowest BCUT2D eigenvalue weighted by Gasteiger charge is -2.15. The van der Waals surface area contributed by atoms with Gasteiger partial charge in [-0.1, -0.05) is 12.1 Å². The quantitative estimate of drug-likeness (QED) is 0.611. The molecule has 1 aromatic carbocycles. The van der Waals surface area contributed by atoms with Crippen molar-refractivity contribution >= 4 is 23.2 Å². The number of nitrogens with zero attached hydrogens (tertiary/aromatic N) is 1. The predicted molar refractivity (Wildman–Crippen MR) is 99.8 cm³/mol. The first-order valence-electron chi connectivity index (χ1n) is 8.25. The summed E-state index contributed by atoms with van der Waals surface area (Å²) in [5.41, 5.74) is 2.53. The number of esters is 1. The summed E-state index contributed by atoms with van der Waals surface area (Å²) in [5.74, 6) is -1.82. The molecule has 8 heteroatoms. The minimum absolute atomic E-state index is 0.0658. The van der Waals surface area contributed by atoms with E-state index >= 15 is 0 Å². The second-order valence-corrected chi connectivity index (χ2v) is 6.71. The van der Waals surface area contributed by atoms with E-state index in [1.54, 1.807) is 12.1 Å². The number of H-pyrrole nitrogens is 1. The Kier molecular flexibility index (Phi) is 5.97. The Balaban J connectivity index is 1.69. The molecule has 0 aliphatic carbocycles. The third-order valence-electron chi connectivity index (χ3n) is 4.11. The molecule has 1 atom stereocenters. The summed E-state index contributed by atoms with van der Waals surface area (Å²) in [6.07, 6.45) is 1.70. The molecule has 0 saturated carbocycles. The van der Waals surface area contributed by atoms with Gasteiger partial charge in [0.15, 0.2) is 0 Å². The van der Waals surface area contributed by atoms with Gasteiger partial charge in [0.25, 0.3) is 5.91 Å². The summed E-state index contributed by atoms with van der Waals surface area (Å²) >= 11 is 1.51. The second-order valence-electron chi connectivity index (χ2n) is 5.93. The SMILES string of the molecule is COC(=O)C(CNC(=O)c1cn[nH]c1-c1ccsc1)Cc1cccc(F)c1. The molecule has 0 fully saturated rings. The summed E-state index contributed by atoms with van der Waals surface area (Å²) in [4.78, 5) is 24.6. The molecule has 1 amide bonds. The van der Waals surface area contributed by atoms with Gasteiger partial charge in [0.2, 0.25) is 0 Å². The first-order chi connectivity index (χ1) is 13.1. The lowest BCUT2D eigenvalue weighted by Crippen LogP contribution is -2.34. The Morgan fingerprint density at radius 2 is 2.22 bits per heavy atom. The van der Waals surface area contributed by atoms with Gasteiger partial charge in [0.1, 0.15) is 5.82 Å². The van der Waals surface area contributed by atoms with E-state index in [0.717, 1.165) is 5.56 Å². The summed E-state index contributed by atoms with van der Waals surface area (Å²) in [6.45, 7) is 0.0658. The van der Waals surface area contributed by atoms with E-state index in [1.165, 1.54) is 36.8 Å². The van der Waals surface area contributed by atoms with Crippen molar-refractivity contribution in [3.05, 3.63) is 64.2 Å². The van der Waals surface area contributed by atoms with Crippen molar-refractivity contribution in [3.63, 3.8) is 0 Å². The van der Waals surface area contributed by atoms with Crippen molar-refractivity contribution in [2.24, 2.45) is 5.92 Å². The molecule has 2 heterocycles. The summed E-state index contributed by atoms with van der Waals surface area (Å²) in [6, 6.07) is 7.89. The van der Waals surface area contributed by atoms with Crippen LogP contribution in [0.25, 0.3) is 11.3 Å². The van der Waals surface area contributed by atoms with Gasteiger partial charge in [0.05, 0.1) is 30.5 Å². The Morgan fingerprint density at radius 3 is 2.93 bits per heavy atom. The number of thiophene rings is 1. The molecule has 0 radical (unpaired) electrons. The fourth-order valence-electron chi connectivity index (χ4n) is 2.75. The molecule has 0 bridgehead atoms. The number of amides is 1. The zero-order valence-electron chi connectivity index (χ0n) is 14.6. The standard InChI is InChI=1S/C19H18FN3O3S/c1-26-19(25)14(7-12-3-2-4-15(20)8-12)9-21-18(24)16-10-22-23-17(16)13-5-6-27-11-13/h2-6,8,10-11,14H,7,9H2,1H3,(H,21,24)(H,22,23). The number of aromatic nitrogens is 2. The van der Waals surface area contributed by atoms with Gasteiger partial charge < -0.3 is 10.1 Å². The van der Waals surface area contributed by atoms with Gasteiger partial charge >= 0.3 is 5.97 Å². The summed E-state index contributed by atoms with van der Waals surface area (Å²) in [7, 11) is 1.29. The maximum Gasteiger partial charge on any atom is 0.310 e. The Labute approximate surface area is 159 Å². The van der Waals surface area contributed by atoms with Crippen LogP contribution in [-0.2, 0) is 16.0 Å². The molecule has 0 spiro atoms. The van der Waals surface area contributed by atoms with Crippen LogP contribution in [0, 0.1) is 11.7 Å². The molecule has 6 nitrogen and oxygen atoms in total. The maximum atomic E-state index is 13.4. The highest BCUT2D eigenvalue weighted by atomic mass is 32.1. The normalized spacial score (nSPS) is 11.8. The number of ether oxygens (including phenoxy) is 1. The van der Waals surface area contributed by atoms with E-state index in [4.69, 9.17) is 4.74 Å². The van der Waals surface area contributed by atoms with Crippen molar-refractivity contribution < 1.29 is 18.7 Å². The smallest absolute Gasteiger partial charge is 0.310 e. The van der Waals surface area contributed by atoms with Gasteiger partial charge in [0, 0.05) is 17.5 Å². The van der Waals surface area contributed by atoms with E-state index in [9.17, 15) is 14.0 Å². The Bertz CT molecular complexity index is 924. The van der Waals surface area contributed by atoms with E-state index in [-0.39, 0.29) is 24.7 Å². The van der Waals surface area contributed by atoms with Crippen LogP contribution in [-0.4, -0.2) is 35.7 Å². The molecule has 0 aliphatic rings. The number of hydrogen-bond donors (Lipinski definition) is 2. The largest absolute Gasteiger partial charge is 0.469 e. The van der Waals surface area contributed by atoms with E-state index < -0.39 is 11.9 Å². The van der Waals surface area contributed by atoms with E-state index in [2.05, 4.69) is 15.5 Å². The number of halogens is 1. The maximum absolute atomic E-state index is 13.4. The fraction of sp³-hybridized carbons (Fsp3) is 0.211. The van der Waals surface area contributed by atoms with Crippen LogP contribution in [0.3, 0.4) is 0 Å². The van der Waals surface area contributed by atoms with Gasteiger partial charge in [-0.05, 0) is 35.6 Å². The highest BCUT2D eigenvalue weighted by molar-refractivity contribution is 7.08. The summed E-state index contributed by atoms with van der Waals surface area (Å²) < 4.78 is 18.2. The van der Waals surface area contributed by atoms with Crippen LogP contribution in [0.5, 0.6) is 0 Å². The number of aromatic amines is 1. The molecule has 3 rings (SSSR count). The van der Waals surface area contributed by atoms with Crippen LogP contribution in [0.4, 0.5) is 4.39 Å². The number of hydrogen-bond acceptors (Lipinski definition) is 5. The van der Waals surface area contributed by atoms with Crippen molar-refractivity contribution in [2.75, 3.05) is 13.7 Å². The van der Waals surface area contributed by atoms with E-state index in [0.29, 0.717) is 16.8 Å². The topological polar surface area (TPSA) is 84.1 Å². The highest BCUT2D eigenvalue weighted by Crippen LogP contribution is 2.23. The molecule has 0 saturated heterocycles. The van der Waals surface area contributed by atoms with Gasteiger partial charge in [-0.25, -0.2) is 4.39 Å². The molecule has 0 aliphatic heterocycles. The highest BCUT2D eigenvalue weighted by Gasteiger charge is 2.22. The Morgan fingerprint density at radius 1 is 1.37 bits per heavy atom. The zero-order valence-corrected chi connectivity index (χ0v) is 15.4. The zero-order chi connectivity index (χ0) is 19.2. The van der Waals surface area contributed by atoms with Crippen molar-refractivity contribution in [1.82, 2.24) is 15.5 Å². The second kappa shape index (κ2) is 8.59. The third kappa shape index (κ3) is 4.59. The molecule has 140 valence electrons. The van der Waals surface area contributed by atoms with Crippen LogP contribution < -0.4 is 5.32 Å². The number of carbonyl (C=O) groups is 2. The third-order valence-corrected chi connectivity index (χ3v) is 4.79. The molecular formula is C19H18FN3O3S. The number of benzene rings is 1. The minimum atomic E-state index is -0.628. The van der Waals surface area contributed by atoms with Crippen LogP contribution in [0.1, 0.15) is 15.9 Å². The van der Waals surface area contributed by atoms with Gasteiger partial charge in [-0.15, -0.1) is 0 Å². The minimum Gasteiger partial charge on any atom is -0.469 e. The molecule has 3 aromatic rings. The number of rotatable bonds is 7. The Hall–Kier alpha value is -3.00. The van der Waals surface area contributed by atoms with Gasteiger partial charge in [-0.2, -0.15) is 16.4 Å². The van der Waals surface area contributed by atoms with Crippen molar-refractivity contribution in [3.8, 4) is 11.3 Å². The van der Waals surface area contributed by atoms with Crippen molar-refractivity contribution in [2.45, 2.75) is 6.42 Å². The number of methoxy groups -OCH3 is 1. The average molecular weight is 387 g/mol. The van der Waals surface area contributed by atoms with E-state index in [1.807, 2.05) is 16.8 Å². The number of nitrogens with one attached hydrogen (secondary N) is 2. The fourth-order valence-corrected chi connectivity index (χ4v) is 3.40. The van der Waals surface area contributed by atoms with Crippen LogP contribution in [0.15, 0.2) is 47.3 Å². The monoisotopic (exact) mass is 387 g/mol. The molecule has 2 aromatic heterocycles. The van der Waals surface area contributed by atoms with Crippen molar-refractivity contribution in [1.29, 1.82) is 0 Å². The predicted octanol–water partition coefficient (Wildman–Crippen LogP) is 3.04. The average Bonchev–Trinajstić information content (AvgIpc) is 3.35. The first kappa shape index (κ1) is 18.8.